The van der Waals surface area contributed by atoms with Gasteiger partial charge in [0.1, 0.15) is 18.1 Å². The molecule has 1 heterocycles. The van der Waals surface area contributed by atoms with Gasteiger partial charge in [0.2, 0.25) is 0 Å². The number of methoxy groups -OCH3 is 1. The number of likely N-dealkylation sites (tertiary alicyclic amines) is 1. The molecule has 1 aromatic carbocycles. The molecule has 1 saturated heterocycles. The average molecular weight is 363 g/mol. The van der Waals surface area contributed by atoms with Gasteiger partial charge in [0.15, 0.2) is 5.96 Å². The number of rotatable bonds is 10. The van der Waals surface area contributed by atoms with Crippen LogP contribution in [0.3, 0.4) is 0 Å². The van der Waals surface area contributed by atoms with Crippen molar-refractivity contribution in [3.05, 3.63) is 24.3 Å². The van der Waals surface area contributed by atoms with E-state index < -0.39 is 0 Å². The van der Waals surface area contributed by atoms with Crippen LogP contribution < -0.4 is 20.1 Å². The molecule has 1 fully saturated rings. The van der Waals surface area contributed by atoms with Crippen molar-refractivity contribution in [3.63, 3.8) is 0 Å². The average Bonchev–Trinajstić information content (AvgIpc) is 3.16. The molecule has 1 aliphatic rings. The number of nitrogens with zero attached hydrogens (tertiary/aromatic N) is 2. The minimum atomic E-state index is 0.569. The zero-order valence-corrected chi connectivity index (χ0v) is 16.5. The van der Waals surface area contributed by atoms with Gasteiger partial charge in [-0.05, 0) is 63.0 Å². The highest BCUT2D eigenvalue weighted by atomic mass is 16.5. The summed E-state index contributed by atoms with van der Waals surface area (Å²) in [7, 11) is 1.66. The first-order valence-electron chi connectivity index (χ1n) is 9.72. The predicted octanol–water partition coefficient (Wildman–Crippen LogP) is 2.36. The fourth-order valence-electron chi connectivity index (χ4n) is 3.06. The topological polar surface area (TPSA) is 58.1 Å². The van der Waals surface area contributed by atoms with E-state index in [0.717, 1.165) is 37.1 Å². The van der Waals surface area contributed by atoms with Crippen molar-refractivity contribution in [2.45, 2.75) is 26.7 Å². The number of aliphatic imine (C=N–C) groups is 1. The van der Waals surface area contributed by atoms with Crippen molar-refractivity contribution in [2.75, 3.05) is 53.0 Å². The van der Waals surface area contributed by atoms with E-state index in [-0.39, 0.29) is 0 Å². The van der Waals surface area contributed by atoms with Gasteiger partial charge in [-0.1, -0.05) is 6.92 Å². The molecule has 1 aromatic rings. The maximum atomic E-state index is 5.74. The van der Waals surface area contributed by atoms with Crippen molar-refractivity contribution in [3.8, 4) is 11.5 Å². The second-order valence-corrected chi connectivity index (χ2v) is 6.78. The molecule has 0 saturated carbocycles. The fraction of sp³-hybridized carbons (Fsp3) is 0.650. The van der Waals surface area contributed by atoms with E-state index in [1.807, 2.05) is 24.3 Å². The Hall–Kier alpha value is -1.95. The van der Waals surface area contributed by atoms with Crippen LogP contribution in [0.25, 0.3) is 0 Å². The molecule has 2 N–H and O–H groups in total. The molecule has 146 valence electrons. The summed E-state index contributed by atoms with van der Waals surface area (Å²) in [6.07, 6.45) is 2.68. The molecule has 0 bridgehead atoms. The Kier molecular flexibility index (Phi) is 9.10. The molecular formula is C20H34N4O2. The summed E-state index contributed by atoms with van der Waals surface area (Å²) in [4.78, 5) is 7.26. The first-order chi connectivity index (χ1) is 12.7. The minimum Gasteiger partial charge on any atom is -0.497 e. The minimum absolute atomic E-state index is 0.569. The molecule has 0 amide bonds. The van der Waals surface area contributed by atoms with Gasteiger partial charge in [-0.2, -0.15) is 0 Å². The molecule has 0 aromatic heterocycles. The highest BCUT2D eigenvalue weighted by molar-refractivity contribution is 5.79. The monoisotopic (exact) mass is 362 g/mol. The van der Waals surface area contributed by atoms with E-state index in [1.54, 1.807) is 7.11 Å². The Bertz CT molecular complexity index is 527. The molecule has 26 heavy (non-hydrogen) atoms. The van der Waals surface area contributed by atoms with Crippen molar-refractivity contribution in [1.29, 1.82) is 0 Å². The fourth-order valence-corrected chi connectivity index (χ4v) is 3.06. The Morgan fingerprint density at radius 2 is 1.85 bits per heavy atom. The summed E-state index contributed by atoms with van der Waals surface area (Å²) in [5.41, 5.74) is 0. The highest BCUT2D eigenvalue weighted by Crippen LogP contribution is 2.16. The van der Waals surface area contributed by atoms with Crippen LogP contribution in [0.4, 0.5) is 0 Å². The van der Waals surface area contributed by atoms with E-state index in [4.69, 9.17) is 14.5 Å². The third-order valence-electron chi connectivity index (χ3n) is 4.40. The van der Waals surface area contributed by atoms with Gasteiger partial charge >= 0.3 is 0 Å². The zero-order chi connectivity index (χ0) is 18.6. The zero-order valence-electron chi connectivity index (χ0n) is 16.5. The van der Waals surface area contributed by atoms with E-state index in [1.165, 1.54) is 25.9 Å². The summed E-state index contributed by atoms with van der Waals surface area (Å²) >= 11 is 0. The number of hydrogen-bond donors (Lipinski definition) is 2. The first-order valence-corrected chi connectivity index (χ1v) is 9.72. The number of nitrogens with one attached hydrogen (secondary N) is 2. The normalized spacial score (nSPS) is 16.3. The van der Waals surface area contributed by atoms with Crippen LogP contribution in [0, 0.1) is 5.92 Å². The van der Waals surface area contributed by atoms with Gasteiger partial charge in [0, 0.05) is 19.6 Å². The van der Waals surface area contributed by atoms with Crippen LogP contribution in [0.5, 0.6) is 11.5 Å². The van der Waals surface area contributed by atoms with Gasteiger partial charge in [0.05, 0.1) is 13.7 Å². The molecule has 2 rings (SSSR count). The van der Waals surface area contributed by atoms with Crippen molar-refractivity contribution < 1.29 is 9.47 Å². The lowest BCUT2D eigenvalue weighted by Crippen LogP contribution is -2.40. The lowest BCUT2D eigenvalue weighted by atomic mass is 10.2. The molecule has 6 heteroatoms. The third-order valence-corrected chi connectivity index (χ3v) is 4.40. The quantitative estimate of drug-likeness (QED) is 0.380. The lowest BCUT2D eigenvalue weighted by Gasteiger charge is -2.19. The Morgan fingerprint density at radius 3 is 2.50 bits per heavy atom. The largest absolute Gasteiger partial charge is 0.497 e. The Morgan fingerprint density at radius 1 is 1.15 bits per heavy atom. The maximum absolute atomic E-state index is 5.74. The van der Waals surface area contributed by atoms with Gasteiger partial charge in [0.25, 0.3) is 0 Å². The Labute approximate surface area is 158 Å². The van der Waals surface area contributed by atoms with E-state index in [9.17, 15) is 0 Å². The maximum Gasteiger partial charge on any atom is 0.191 e. The van der Waals surface area contributed by atoms with Crippen LogP contribution in [0.15, 0.2) is 29.3 Å². The molecule has 1 aliphatic heterocycles. The second kappa shape index (κ2) is 11.6. The Balaban J connectivity index is 1.68. The lowest BCUT2D eigenvalue weighted by molar-refractivity contribution is 0.291. The third kappa shape index (κ3) is 7.52. The summed E-state index contributed by atoms with van der Waals surface area (Å²) < 4.78 is 10.9. The van der Waals surface area contributed by atoms with E-state index in [0.29, 0.717) is 19.1 Å². The van der Waals surface area contributed by atoms with Gasteiger partial charge in [-0.25, -0.2) is 0 Å². The smallest absolute Gasteiger partial charge is 0.191 e. The number of benzene rings is 1. The summed E-state index contributed by atoms with van der Waals surface area (Å²) in [6, 6.07) is 7.63. The number of hydrogen-bond acceptors (Lipinski definition) is 4. The van der Waals surface area contributed by atoms with Crippen molar-refractivity contribution >= 4 is 5.96 Å². The van der Waals surface area contributed by atoms with Crippen LogP contribution in [-0.2, 0) is 0 Å². The van der Waals surface area contributed by atoms with Crippen molar-refractivity contribution in [1.82, 2.24) is 15.5 Å². The summed E-state index contributed by atoms with van der Waals surface area (Å²) in [6.45, 7) is 11.0. The van der Waals surface area contributed by atoms with Crippen molar-refractivity contribution in [2.24, 2.45) is 10.9 Å². The summed E-state index contributed by atoms with van der Waals surface area (Å²) in [5.74, 6) is 3.10. The molecule has 0 aliphatic carbocycles. The highest BCUT2D eigenvalue weighted by Gasteiger charge is 2.14. The van der Waals surface area contributed by atoms with Crippen LogP contribution in [0.1, 0.15) is 26.7 Å². The standard InChI is InChI=1S/C20H34N4O2/c1-4-21-20(23-15-17(2)16-24-12-5-6-13-24)22-11-14-26-19-9-7-18(25-3)8-10-19/h7-10,17H,4-6,11-16H2,1-3H3,(H2,21,22,23). The number of ether oxygens (including phenoxy) is 2. The molecule has 6 nitrogen and oxygen atoms in total. The van der Waals surface area contributed by atoms with Crippen LogP contribution in [-0.4, -0.2) is 63.8 Å². The van der Waals surface area contributed by atoms with Gasteiger partial charge in [-0.3, -0.25) is 4.99 Å². The second-order valence-electron chi connectivity index (χ2n) is 6.78. The molecular weight excluding hydrogens is 328 g/mol. The molecule has 0 spiro atoms. The molecule has 0 radical (unpaired) electrons. The number of guanidine groups is 1. The first kappa shape index (κ1) is 20.4. The SMILES string of the molecule is CCNC(=NCC(C)CN1CCCC1)NCCOc1ccc(OC)cc1. The van der Waals surface area contributed by atoms with E-state index >= 15 is 0 Å². The van der Waals surface area contributed by atoms with Gasteiger partial charge in [-0.15, -0.1) is 0 Å². The summed E-state index contributed by atoms with van der Waals surface area (Å²) in [5, 5.41) is 6.64. The van der Waals surface area contributed by atoms with Gasteiger partial charge < -0.3 is 25.0 Å². The van der Waals surface area contributed by atoms with Crippen LogP contribution >= 0.6 is 0 Å². The molecule has 1 atom stereocenters. The van der Waals surface area contributed by atoms with E-state index in [2.05, 4.69) is 29.4 Å². The molecule has 1 unspecified atom stereocenters. The van der Waals surface area contributed by atoms with Crippen LogP contribution in [0.2, 0.25) is 0 Å². The predicted molar refractivity (Wildman–Crippen MR) is 107 cm³/mol.